The summed E-state index contributed by atoms with van der Waals surface area (Å²) in [5.41, 5.74) is 5.20. The molecule has 0 aliphatic carbocycles. The van der Waals surface area contributed by atoms with Crippen LogP contribution in [-0.4, -0.2) is 48.0 Å². The molecule has 31 heavy (non-hydrogen) atoms. The van der Waals surface area contributed by atoms with Crippen LogP contribution in [0.5, 0.6) is 0 Å². The number of nitrogens with zero attached hydrogens (tertiary/aromatic N) is 2. The number of rotatable bonds is 4. The third-order valence-electron chi connectivity index (χ3n) is 5.28. The normalized spacial score (nSPS) is 13.8. The lowest BCUT2D eigenvalue weighted by Crippen LogP contribution is -2.40. The van der Waals surface area contributed by atoms with Crippen molar-refractivity contribution in [3.8, 4) is 10.6 Å². The second-order valence-corrected chi connectivity index (χ2v) is 8.69. The van der Waals surface area contributed by atoms with Crippen molar-refractivity contribution in [1.82, 2.24) is 9.88 Å². The fourth-order valence-corrected chi connectivity index (χ4v) is 4.69. The number of hydrogen-bond donors (Lipinski definition) is 1. The van der Waals surface area contributed by atoms with Gasteiger partial charge in [-0.3, -0.25) is 9.59 Å². The Morgan fingerprint density at radius 1 is 1.06 bits per heavy atom. The Bertz CT molecular complexity index is 1130. The first-order valence-corrected chi connectivity index (χ1v) is 11.1. The van der Waals surface area contributed by atoms with E-state index < -0.39 is 0 Å². The fourth-order valence-electron chi connectivity index (χ4n) is 3.64. The van der Waals surface area contributed by atoms with Crippen molar-refractivity contribution in [3.63, 3.8) is 0 Å². The van der Waals surface area contributed by atoms with E-state index in [0.29, 0.717) is 48.1 Å². The Balaban J connectivity index is 1.52. The lowest BCUT2D eigenvalue weighted by atomic mass is 10.1. The van der Waals surface area contributed by atoms with Gasteiger partial charge in [-0.05, 0) is 44.5 Å². The third-order valence-corrected chi connectivity index (χ3v) is 6.47. The Labute approximate surface area is 185 Å². The molecule has 0 spiro atoms. The molecule has 1 aromatic heterocycles. The number of hydrogen-bond acceptors (Lipinski definition) is 5. The number of thiazole rings is 1. The number of aryl methyl sites for hydroxylation is 3. The second-order valence-electron chi connectivity index (χ2n) is 7.69. The first-order valence-electron chi connectivity index (χ1n) is 10.3. The number of anilines is 1. The SMILES string of the molecule is Cc1ccc(-c2nc(C)c(C(=O)Nc3cccc(C(=O)N4CCOCC4)c3)s2)c(C)c1. The summed E-state index contributed by atoms with van der Waals surface area (Å²) >= 11 is 1.38. The third kappa shape index (κ3) is 4.68. The summed E-state index contributed by atoms with van der Waals surface area (Å²) in [5.74, 6) is -0.271. The number of carbonyl (C=O) groups is 2. The quantitative estimate of drug-likeness (QED) is 0.657. The molecule has 1 N–H and O–H groups in total. The fraction of sp³-hybridized carbons (Fsp3) is 0.292. The van der Waals surface area contributed by atoms with Crippen molar-refractivity contribution in [2.75, 3.05) is 31.6 Å². The Morgan fingerprint density at radius 2 is 1.84 bits per heavy atom. The van der Waals surface area contributed by atoms with Gasteiger partial charge in [-0.25, -0.2) is 4.98 Å². The van der Waals surface area contributed by atoms with Gasteiger partial charge in [0.25, 0.3) is 11.8 Å². The Kier molecular flexibility index (Phi) is 6.15. The van der Waals surface area contributed by atoms with Crippen molar-refractivity contribution in [3.05, 3.63) is 69.7 Å². The van der Waals surface area contributed by atoms with E-state index in [1.807, 2.05) is 13.0 Å². The van der Waals surface area contributed by atoms with Gasteiger partial charge in [-0.2, -0.15) is 0 Å². The van der Waals surface area contributed by atoms with E-state index in [4.69, 9.17) is 4.74 Å². The van der Waals surface area contributed by atoms with Gasteiger partial charge in [-0.15, -0.1) is 11.3 Å². The summed E-state index contributed by atoms with van der Waals surface area (Å²) in [4.78, 5) is 32.6. The molecular formula is C24H25N3O3S. The van der Waals surface area contributed by atoms with Crippen LogP contribution in [0.15, 0.2) is 42.5 Å². The van der Waals surface area contributed by atoms with E-state index in [1.165, 1.54) is 16.9 Å². The zero-order valence-corrected chi connectivity index (χ0v) is 18.7. The van der Waals surface area contributed by atoms with Gasteiger partial charge in [0.1, 0.15) is 9.88 Å². The predicted molar refractivity (Wildman–Crippen MR) is 123 cm³/mol. The number of amides is 2. The largest absolute Gasteiger partial charge is 0.378 e. The van der Waals surface area contributed by atoms with E-state index in [0.717, 1.165) is 16.1 Å². The molecule has 2 aromatic carbocycles. The lowest BCUT2D eigenvalue weighted by Gasteiger charge is -2.27. The number of carbonyl (C=O) groups excluding carboxylic acids is 2. The first-order chi connectivity index (χ1) is 14.9. The van der Waals surface area contributed by atoms with Gasteiger partial charge in [0.2, 0.25) is 0 Å². The van der Waals surface area contributed by atoms with Crippen molar-refractivity contribution >= 4 is 28.8 Å². The molecule has 0 unspecified atom stereocenters. The van der Waals surface area contributed by atoms with E-state index >= 15 is 0 Å². The Morgan fingerprint density at radius 3 is 2.58 bits per heavy atom. The smallest absolute Gasteiger partial charge is 0.267 e. The van der Waals surface area contributed by atoms with E-state index in [2.05, 4.69) is 36.3 Å². The highest BCUT2D eigenvalue weighted by molar-refractivity contribution is 7.17. The number of nitrogens with one attached hydrogen (secondary N) is 1. The molecular weight excluding hydrogens is 410 g/mol. The van der Waals surface area contributed by atoms with Gasteiger partial charge in [0, 0.05) is 29.9 Å². The van der Waals surface area contributed by atoms with Crippen LogP contribution in [0.1, 0.15) is 36.9 Å². The molecule has 2 amide bonds. The van der Waals surface area contributed by atoms with Crippen LogP contribution < -0.4 is 5.32 Å². The van der Waals surface area contributed by atoms with Gasteiger partial charge in [0.15, 0.2) is 0 Å². The molecule has 7 heteroatoms. The Hall–Kier alpha value is -3.03. The molecule has 0 saturated carbocycles. The molecule has 3 aromatic rings. The highest BCUT2D eigenvalue weighted by atomic mass is 32.1. The first kappa shape index (κ1) is 21.2. The monoisotopic (exact) mass is 435 g/mol. The molecule has 0 bridgehead atoms. The summed E-state index contributed by atoms with van der Waals surface area (Å²) in [5, 5.41) is 3.75. The summed E-state index contributed by atoms with van der Waals surface area (Å²) < 4.78 is 5.31. The molecule has 1 fully saturated rings. The number of aromatic nitrogens is 1. The van der Waals surface area contributed by atoms with Crippen molar-refractivity contribution in [2.45, 2.75) is 20.8 Å². The van der Waals surface area contributed by atoms with Gasteiger partial charge < -0.3 is 15.0 Å². The molecule has 2 heterocycles. The predicted octanol–water partition coefficient (Wildman–Crippen LogP) is 4.46. The average molecular weight is 436 g/mol. The van der Waals surface area contributed by atoms with E-state index in [1.54, 1.807) is 29.2 Å². The molecule has 0 atom stereocenters. The standard InChI is InChI=1S/C24H25N3O3S/c1-15-7-8-20(16(2)13-15)23-25-17(3)21(31-23)22(28)26-19-6-4-5-18(14-19)24(29)27-9-11-30-12-10-27/h4-8,13-14H,9-12H2,1-3H3,(H,26,28). The minimum absolute atomic E-state index is 0.0505. The van der Waals surface area contributed by atoms with Crippen LogP contribution in [0.2, 0.25) is 0 Å². The van der Waals surface area contributed by atoms with Crippen molar-refractivity contribution in [2.24, 2.45) is 0 Å². The van der Waals surface area contributed by atoms with Crippen LogP contribution in [-0.2, 0) is 4.74 Å². The van der Waals surface area contributed by atoms with Crippen LogP contribution in [0, 0.1) is 20.8 Å². The highest BCUT2D eigenvalue weighted by Crippen LogP contribution is 2.31. The molecule has 1 saturated heterocycles. The maximum absolute atomic E-state index is 12.9. The van der Waals surface area contributed by atoms with E-state index in [-0.39, 0.29) is 11.8 Å². The summed E-state index contributed by atoms with van der Waals surface area (Å²) in [6, 6.07) is 13.3. The van der Waals surface area contributed by atoms with Crippen LogP contribution in [0.3, 0.4) is 0 Å². The molecule has 4 rings (SSSR count). The molecule has 0 radical (unpaired) electrons. The number of ether oxygens (including phenoxy) is 1. The van der Waals surface area contributed by atoms with Crippen molar-refractivity contribution in [1.29, 1.82) is 0 Å². The number of benzene rings is 2. The van der Waals surface area contributed by atoms with Gasteiger partial charge >= 0.3 is 0 Å². The maximum Gasteiger partial charge on any atom is 0.267 e. The van der Waals surface area contributed by atoms with E-state index in [9.17, 15) is 9.59 Å². The minimum atomic E-state index is -0.220. The van der Waals surface area contributed by atoms with Crippen LogP contribution in [0.25, 0.3) is 10.6 Å². The van der Waals surface area contributed by atoms with Gasteiger partial charge in [0.05, 0.1) is 18.9 Å². The lowest BCUT2D eigenvalue weighted by molar-refractivity contribution is 0.0303. The number of morpholine rings is 1. The molecule has 6 nitrogen and oxygen atoms in total. The average Bonchev–Trinajstić information content (AvgIpc) is 3.15. The second kappa shape index (κ2) is 8.99. The van der Waals surface area contributed by atoms with Crippen LogP contribution >= 0.6 is 11.3 Å². The van der Waals surface area contributed by atoms with Crippen LogP contribution in [0.4, 0.5) is 5.69 Å². The summed E-state index contributed by atoms with van der Waals surface area (Å²) in [6.45, 7) is 8.21. The zero-order valence-electron chi connectivity index (χ0n) is 17.9. The molecule has 160 valence electrons. The summed E-state index contributed by atoms with van der Waals surface area (Å²) in [7, 11) is 0. The molecule has 1 aliphatic heterocycles. The molecule has 1 aliphatic rings. The summed E-state index contributed by atoms with van der Waals surface area (Å²) in [6.07, 6.45) is 0. The maximum atomic E-state index is 12.9. The minimum Gasteiger partial charge on any atom is -0.378 e. The topological polar surface area (TPSA) is 71.5 Å². The van der Waals surface area contributed by atoms with Crippen molar-refractivity contribution < 1.29 is 14.3 Å². The highest BCUT2D eigenvalue weighted by Gasteiger charge is 2.20. The zero-order chi connectivity index (χ0) is 22.0. The van der Waals surface area contributed by atoms with Gasteiger partial charge in [-0.1, -0.05) is 29.8 Å².